The van der Waals surface area contributed by atoms with Crippen LogP contribution in [0.1, 0.15) is 18.0 Å². The first-order chi connectivity index (χ1) is 8.96. The van der Waals surface area contributed by atoms with Crippen molar-refractivity contribution in [1.82, 2.24) is 15.2 Å². The Morgan fingerprint density at radius 3 is 2.38 bits per heavy atom. The minimum absolute atomic E-state index is 0. The fraction of sp³-hybridized carbons (Fsp3) is 0.583. The fourth-order valence-electron chi connectivity index (χ4n) is 2.28. The molecular formula is C12H17BrCl2F3N3. The predicted octanol–water partition coefficient (Wildman–Crippen LogP) is 3.59. The van der Waals surface area contributed by atoms with Crippen molar-refractivity contribution in [1.29, 1.82) is 0 Å². The zero-order valence-corrected chi connectivity index (χ0v) is 14.3. The van der Waals surface area contributed by atoms with E-state index in [1.54, 1.807) is 12.3 Å². The molecule has 1 aromatic heterocycles. The number of nitrogens with one attached hydrogen (secondary N) is 1. The van der Waals surface area contributed by atoms with Gasteiger partial charge in [0.05, 0.1) is 6.42 Å². The van der Waals surface area contributed by atoms with Gasteiger partial charge in [0, 0.05) is 49.1 Å². The molecule has 0 aliphatic carbocycles. The van der Waals surface area contributed by atoms with Gasteiger partial charge < -0.3 is 5.32 Å². The molecule has 9 heteroatoms. The normalized spacial score (nSPS) is 17.5. The van der Waals surface area contributed by atoms with Crippen molar-refractivity contribution in [2.45, 2.75) is 18.6 Å². The Labute approximate surface area is 142 Å². The molecule has 21 heavy (non-hydrogen) atoms. The SMILES string of the molecule is Cl.Cl.FC(F)(F)C[C@H](c1cncc(Br)c1)N1CCNCC1. The monoisotopic (exact) mass is 409 g/mol. The molecule has 1 fully saturated rings. The number of alkyl halides is 3. The van der Waals surface area contributed by atoms with Gasteiger partial charge in [0.1, 0.15) is 0 Å². The number of hydrogen-bond donors (Lipinski definition) is 1. The summed E-state index contributed by atoms with van der Waals surface area (Å²) in [5.74, 6) is 0. The summed E-state index contributed by atoms with van der Waals surface area (Å²) >= 11 is 3.26. The van der Waals surface area contributed by atoms with Gasteiger partial charge in [0.25, 0.3) is 0 Å². The average molecular weight is 411 g/mol. The maximum Gasteiger partial charge on any atom is 0.390 e. The van der Waals surface area contributed by atoms with E-state index in [1.807, 2.05) is 4.90 Å². The summed E-state index contributed by atoms with van der Waals surface area (Å²) in [5, 5.41) is 3.15. The van der Waals surface area contributed by atoms with Gasteiger partial charge in [-0.1, -0.05) is 0 Å². The largest absolute Gasteiger partial charge is 0.390 e. The number of rotatable bonds is 3. The number of pyridine rings is 1. The zero-order chi connectivity index (χ0) is 13.9. The maximum absolute atomic E-state index is 12.8. The molecule has 2 rings (SSSR count). The van der Waals surface area contributed by atoms with Gasteiger partial charge in [0.2, 0.25) is 0 Å². The summed E-state index contributed by atoms with van der Waals surface area (Å²) in [6, 6.07) is 1.05. The van der Waals surface area contributed by atoms with Crippen LogP contribution in [0.5, 0.6) is 0 Å². The molecule has 1 N–H and O–H groups in total. The van der Waals surface area contributed by atoms with E-state index in [-0.39, 0.29) is 24.8 Å². The second-order valence-electron chi connectivity index (χ2n) is 4.56. The molecule has 122 valence electrons. The van der Waals surface area contributed by atoms with E-state index < -0.39 is 18.6 Å². The van der Waals surface area contributed by atoms with Crippen molar-refractivity contribution in [3.05, 3.63) is 28.5 Å². The van der Waals surface area contributed by atoms with Crippen LogP contribution in [-0.4, -0.2) is 42.2 Å². The summed E-state index contributed by atoms with van der Waals surface area (Å²) < 4.78 is 39.0. The van der Waals surface area contributed by atoms with Gasteiger partial charge in [-0.05, 0) is 27.6 Å². The molecule has 0 amide bonds. The standard InChI is InChI=1S/C12H15BrF3N3.2ClH/c13-10-5-9(7-18-8-10)11(6-12(14,15)16)19-3-1-17-2-4-19;;/h5,7-8,11,17H,1-4,6H2;2*1H/t11-;;/m1../s1. The Morgan fingerprint density at radius 2 is 1.86 bits per heavy atom. The van der Waals surface area contributed by atoms with E-state index >= 15 is 0 Å². The van der Waals surface area contributed by atoms with E-state index in [0.29, 0.717) is 23.1 Å². The van der Waals surface area contributed by atoms with Crippen molar-refractivity contribution < 1.29 is 13.2 Å². The number of hydrogen-bond acceptors (Lipinski definition) is 3. The van der Waals surface area contributed by atoms with Crippen molar-refractivity contribution in [2.24, 2.45) is 0 Å². The number of piperazine rings is 1. The summed E-state index contributed by atoms with van der Waals surface area (Å²) in [6.45, 7) is 2.67. The van der Waals surface area contributed by atoms with Crippen LogP contribution in [0.15, 0.2) is 22.9 Å². The quantitative estimate of drug-likeness (QED) is 0.825. The molecule has 1 aliphatic rings. The highest BCUT2D eigenvalue weighted by Gasteiger charge is 2.36. The smallest absolute Gasteiger partial charge is 0.314 e. The van der Waals surface area contributed by atoms with Crippen molar-refractivity contribution in [3.8, 4) is 0 Å². The van der Waals surface area contributed by atoms with Gasteiger partial charge in [-0.15, -0.1) is 24.8 Å². The van der Waals surface area contributed by atoms with Crippen LogP contribution in [0.25, 0.3) is 0 Å². The van der Waals surface area contributed by atoms with Gasteiger partial charge >= 0.3 is 6.18 Å². The Bertz CT molecular complexity index is 428. The molecule has 2 heterocycles. The lowest BCUT2D eigenvalue weighted by molar-refractivity contribution is -0.148. The summed E-state index contributed by atoms with van der Waals surface area (Å²) in [7, 11) is 0. The lowest BCUT2D eigenvalue weighted by atomic mass is 10.0. The van der Waals surface area contributed by atoms with Crippen LogP contribution in [0, 0.1) is 0 Å². The highest BCUT2D eigenvalue weighted by Crippen LogP contribution is 2.34. The number of aromatic nitrogens is 1. The molecule has 1 saturated heterocycles. The summed E-state index contributed by atoms with van der Waals surface area (Å²) in [6.07, 6.45) is -1.93. The molecule has 1 aromatic rings. The van der Waals surface area contributed by atoms with Crippen LogP contribution < -0.4 is 5.32 Å². The van der Waals surface area contributed by atoms with Crippen molar-refractivity contribution >= 4 is 40.7 Å². The molecular weight excluding hydrogens is 394 g/mol. The third kappa shape index (κ3) is 6.69. The lowest BCUT2D eigenvalue weighted by Crippen LogP contribution is -2.46. The molecule has 1 atom stereocenters. The summed E-state index contributed by atoms with van der Waals surface area (Å²) in [5.41, 5.74) is 0.605. The van der Waals surface area contributed by atoms with E-state index in [4.69, 9.17) is 0 Å². The van der Waals surface area contributed by atoms with Gasteiger partial charge in [0.15, 0.2) is 0 Å². The zero-order valence-electron chi connectivity index (χ0n) is 11.1. The summed E-state index contributed by atoms with van der Waals surface area (Å²) in [4.78, 5) is 5.84. The maximum atomic E-state index is 12.8. The third-order valence-corrected chi connectivity index (χ3v) is 3.56. The molecule has 1 aliphatic heterocycles. The Balaban J connectivity index is 0.00000200. The van der Waals surface area contributed by atoms with Crippen LogP contribution in [-0.2, 0) is 0 Å². The van der Waals surface area contributed by atoms with E-state index in [1.165, 1.54) is 6.20 Å². The fourth-order valence-corrected chi connectivity index (χ4v) is 2.66. The van der Waals surface area contributed by atoms with E-state index in [9.17, 15) is 13.2 Å². The topological polar surface area (TPSA) is 28.2 Å². The third-order valence-electron chi connectivity index (χ3n) is 3.13. The van der Waals surface area contributed by atoms with Gasteiger partial charge in [-0.25, -0.2) is 0 Å². The first kappa shape index (κ1) is 20.9. The minimum Gasteiger partial charge on any atom is -0.314 e. The first-order valence-electron chi connectivity index (χ1n) is 6.08. The predicted molar refractivity (Wildman–Crippen MR) is 84.3 cm³/mol. The lowest BCUT2D eigenvalue weighted by Gasteiger charge is -2.35. The molecule has 0 unspecified atom stereocenters. The highest BCUT2D eigenvalue weighted by atomic mass is 79.9. The Kier molecular flexibility index (Phi) is 9.11. The van der Waals surface area contributed by atoms with Crippen LogP contribution in [0.3, 0.4) is 0 Å². The molecule has 0 saturated carbocycles. The number of halogens is 6. The Morgan fingerprint density at radius 1 is 1.24 bits per heavy atom. The van der Waals surface area contributed by atoms with Crippen molar-refractivity contribution in [2.75, 3.05) is 26.2 Å². The highest BCUT2D eigenvalue weighted by molar-refractivity contribution is 9.10. The molecule has 3 nitrogen and oxygen atoms in total. The van der Waals surface area contributed by atoms with Crippen LogP contribution in [0.4, 0.5) is 13.2 Å². The van der Waals surface area contributed by atoms with Gasteiger partial charge in [-0.3, -0.25) is 9.88 Å². The molecule has 0 aromatic carbocycles. The second kappa shape index (κ2) is 9.15. The first-order valence-corrected chi connectivity index (χ1v) is 6.87. The Hall–Kier alpha value is -0.0800. The van der Waals surface area contributed by atoms with E-state index in [2.05, 4.69) is 26.2 Å². The molecule has 0 radical (unpaired) electrons. The minimum atomic E-state index is -4.18. The van der Waals surface area contributed by atoms with Crippen LogP contribution in [0.2, 0.25) is 0 Å². The molecule has 0 bridgehead atoms. The number of nitrogens with zero attached hydrogens (tertiary/aromatic N) is 2. The average Bonchev–Trinajstić information content (AvgIpc) is 2.36. The second-order valence-corrected chi connectivity index (χ2v) is 5.47. The van der Waals surface area contributed by atoms with E-state index in [0.717, 1.165) is 13.1 Å². The van der Waals surface area contributed by atoms with Gasteiger partial charge in [-0.2, -0.15) is 13.2 Å². The van der Waals surface area contributed by atoms with Crippen LogP contribution >= 0.6 is 40.7 Å². The van der Waals surface area contributed by atoms with Crippen molar-refractivity contribution in [3.63, 3.8) is 0 Å². The molecule has 0 spiro atoms.